The fraction of sp³-hybridized carbons (Fsp3) is 0.0870. The number of benzene rings is 3. The van der Waals surface area contributed by atoms with Crippen molar-refractivity contribution in [3.05, 3.63) is 94.8 Å². The van der Waals surface area contributed by atoms with E-state index in [9.17, 15) is 14.0 Å². The first-order valence-electron chi connectivity index (χ1n) is 9.33. The molecule has 7 heteroatoms. The Bertz CT molecular complexity index is 1290. The number of nitrogens with zero attached hydrogens (tertiary/aromatic N) is 1. The third-order valence-corrected chi connectivity index (χ3v) is 5.92. The number of anilines is 1. The van der Waals surface area contributed by atoms with Gasteiger partial charge < -0.3 is 4.74 Å². The highest BCUT2D eigenvalue weighted by Gasteiger charge is 2.28. The Morgan fingerprint density at radius 3 is 2.77 bits per heavy atom. The summed E-state index contributed by atoms with van der Waals surface area (Å²) in [7, 11) is 0. The molecule has 0 saturated heterocycles. The summed E-state index contributed by atoms with van der Waals surface area (Å²) in [6.45, 7) is 0. The smallest absolute Gasteiger partial charge is 0.339 e. The standard InChI is InChI=1S/C23H15FN2O3S/c24-16-7-9-18-20(12-16)30-23(25-18)26-21(27)14-6-8-17-15(10-14)11-19(29-22(17)28)13-4-2-1-3-5-13/h1-10,12,19H,11H2,(H,25,26,27)/t19-/m0/s1. The Labute approximate surface area is 175 Å². The van der Waals surface area contributed by atoms with E-state index in [1.807, 2.05) is 30.3 Å². The average molecular weight is 418 g/mol. The number of carbonyl (C=O) groups excluding carboxylic acids is 2. The highest BCUT2D eigenvalue weighted by atomic mass is 32.1. The lowest BCUT2D eigenvalue weighted by atomic mass is 9.93. The van der Waals surface area contributed by atoms with Crippen molar-refractivity contribution in [2.24, 2.45) is 0 Å². The summed E-state index contributed by atoms with van der Waals surface area (Å²) in [5.41, 5.74) is 3.18. The number of halogens is 1. The minimum atomic E-state index is -0.398. The number of hydrogen-bond donors (Lipinski definition) is 1. The Hall–Kier alpha value is -3.58. The van der Waals surface area contributed by atoms with Crippen LogP contribution in [0.2, 0.25) is 0 Å². The number of rotatable bonds is 3. The van der Waals surface area contributed by atoms with Gasteiger partial charge in [0.05, 0.1) is 15.8 Å². The number of carbonyl (C=O) groups is 2. The predicted molar refractivity (Wildman–Crippen MR) is 112 cm³/mol. The van der Waals surface area contributed by atoms with Crippen molar-refractivity contribution in [1.82, 2.24) is 4.98 Å². The lowest BCUT2D eigenvalue weighted by molar-refractivity contribution is 0.0252. The summed E-state index contributed by atoms with van der Waals surface area (Å²) < 4.78 is 19.6. The quantitative estimate of drug-likeness (QED) is 0.468. The number of thiazole rings is 1. The van der Waals surface area contributed by atoms with E-state index < -0.39 is 5.97 Å². The van der Waals surface area contributed by atoms with Crippen molar-refractivity contribution in [2.45, 2.75) is 12.5 Å². The molecule has 148 valence electrons. The molecule has 5 nitrogen and oxygen atoms in total. The Morgan fingerprint density at radius 1 is 1.10 bits per heavy atom. The van der Waals surface area contributed by atoms with Gasteiger partial charge in [0.1, 0.15) is 11.9 Å². The van der Waals surface area contributed by atoms with E-state index in [1.54, 1.807) is 24.3 Å². The molecule has 4 aromatic rings. The average Bonchev–Trinajstić information content (AvgIpc) is 3.15. The third-order valence-electron chi connectivity index (χ3n) is 4.98. The van der Waals surface area contributed by atoms with Gasteiger partial charge in [-0.1, -0.05) is 41.7 Å². The van der Waals surface area contributed by atoms with Crippen LogP contribution in [0.1, 0.15) is 37.9 Å². The Kier molecular flexibility index (Phi) is 4.52. The van der Waals surface area contributed by atoms with Gasteiger partial charge in [-0.25, -0.2) is 14.2 Å². The molecular weight excluding hydrogens is 403 g/mol. The molecule has 0 saturated carbocycles. The molecule has 1 aliphatic heterocycles. The van der Waals surface area contributed by atoms with Gasteiger partial charge in [0.2, 0.25) is 0 Å². The van der Waals surface area contributed by atoms with Crippen molar-refractivity contribution in [3.8, 4) is 0 Å². The SMILES string of the molecule is O=C(Nc1nc2ccc(F)cc2s1)c1ccc2c(c1)C[C@@H](c1ccccc1)OC2=O. The van der Waals surface area contributed by atoms with Gasteiger partial charge in [-0.3, -0.25) is 10.1 Å². The molecule has 0 bridgehead atoms. The van der Waals surface area contributed by atoms with Crippen molar-refractivity contribution >= 4 is 38.6 Å². The number of fused-ring (bicyclic) bond motifs is 2. The largest absolute Gasteiger partial charge is 0.454 e. The zero-order valence-electron chi connectivity index (χ0n) is 15.6. The lowest BCUT2D eigenvalue weighted by Crippen LogP contribution is -2.23. The number of nitrogens with one attached hydrogen (secondary N) is 1. The van der Waals surface area contributed by atoms with Gasteiger partial charge in [-0.2, -0.15) is 0 Å². The predicted octanol–water partition coefficient (Wildman–Crippen LogP) is 5.14. The van der Waals surface area contributed by atoms with Gasteiger partial charge >= 0.3 is 5.97 Å². The number of amides is 1. The third kappa shape index (κ3) is 3.44. The van der Waals surface area contributed by atoms with Crippen LogP contribution in [0, 0.1) is 5.82 Å². The monoisotopic (exact) mass is 418 g/mol. The van der Waals surface area contributed by atoms with E-state index in [1.165, 1.54) is 23.5 Å². The van der Waals surface area contributed by atoms with E-state index in [2.05, 4.69) is 10.3 Å². The molecule has 2 heterocycles. The van der Waals surface area contributed by atoms with E-state index in [4.69, 9.17) is 4.74 Å². The van der Waals surface area contributed by atoms with Crippen LogP contribution in [0.15, 0.2) is 66.7 Å². The molecular formula is C23H15FN2O3S. The molecule has 1 amide bonds. The maximum Gasteiger partial charge on any atom is 0.339 e. The number of cyclic esters (lactones) is 1. The Morgan fingerprint density at radius 2 is 1.93 bits per heavy atom. The van der Waals surface area contributed by atoms with Crippen LogP contribution >= 0.6 is 11.3 Å². The zero-order chi connectivity index (χ0) is 20.7. The van der Waals surface area contributed by atoms with Crippen LogP contribution in [0.25, 0.3) is 10.2 Å². The van der Waals surface area contributed by atoms with Crippen LogP contribution in [0.4, 0.5) is 9.52 Å². The highest BCUT2D eigenvalue weighted by molar-refractivity contribution is 7.22. The molecule has 0 fully saturated rings. The molecule has 0 unspecified atom stereocenters. The molecule has 0 aliphatic carbocycles. The summed E-state index contributed by atoms with van der Waals surface area (Å²) >= 11 is 1.20. The van der Waals surface area contributed by atoms with Crippen molar-refractivity contribution < 1.29 is 18.7 Å². The zero-order valence-corrected chi connectivity index (χ0v) is 16.4. The first-order chi connectivity index (χ1) is 14.6. The van der Waals surface area contributed by atoms with E-state index in [0.29, 0.717) is 32.9 Å². The van der Waals surface area contributed by atoms with Gasteiger partial charge in [0, 0.05) is 12.0 Å². The summed E-state index contributed by atoms with van der Waals surface area (Å²) in [5, 5.41) is 3.15. The second-order valence-electron chi connectivity index (χ2n) is 6.97. The van der Waals surface area contributed by atoms with E-state index in [-0.39, 0.29) is 17.8 Å². The molecule has 5 rings (SSSR count). The van der Waals surface area contributed by atoms with Gasteiger partial charge in [0.15, 0.2) is 5.13 Å². The molecule has 1 N–H and O–H groups in total. The van der Waals surface area contributed by atoms with Crippen molar-refractivity contribution in [2.75, 3.05) is 5.32 Å². The van der Waals surface area contributed by atoms with Crippen LogP contribution < -0.4 is 5.32 Å². The molecule has 1 aliphatic rings. The second-order valence-corrected chi connectivity index (χ2v) is 8.00. The molecule has 1 atom stereocenters. The van der Waals surface area contributed by atoms with Gasteiger partial charge in [-0.05, 0) is 47.5 Å². The molecule has 30 heavy (non-hydrogen) atoms. The second kappa shape index (κ2) is 7.35. The summed E-state index contributed by atoms with van der Waals surface area (Å²) in [6, 6.07) is 18.7. The summed E-state index contributed by atoms with van der Waals surface area (Å²) in [5.74, 6) is -1.09. The normalized spacial score (nSPS) is 15.5. The van der Waals surface area contributed by atoms with Crippen LogP contribution in [0.5, 0.6) is 0 Å². The maximum absolute atomic E-state index is 13.4. The first-order valence-corrected chi connectivity index (χ1v) is 10.1. The molecule has 0 spiro atoms. The Balaban J connectivity index is 1.40. The maximum atomic E-state index is 13.4. The van der Waals surface area contributed by atoms with E-state index >= 15 is 0 Å². The van der Waals surface area contributed by atoms with Crippen LogP contribution in [0.3, 0.4) is 0 Å². The lowest BCUT2D eigenvalue weighted by Gasteiger charge is -2.25. The minimum Gasteiger partial charge on any atom is -0.454 e. The fourth-order valence-electron chi connectivity index (χ4n) is 3.51. The number of hydrogen-bond acceptors (Lipinski definition) is 5. The highest BCUT2D eigenvalue weighted by Crippen LogP contribution is 2.31. The fourth-order valence-corrected chi connectivity index (χ4v) is 4.40. The molecule has 1 aromatic heterocycles. The van der Waals surface area contributed by atoms with Crippen molar-refractivity contribution in [3.63, 3.8) is 0 Å². The van der Waals surface area contributed by atoms with Crippen LogP contribution in [-0.2, 0) is 11.2 Å². The van der Waals surface area contributed by atoms with Gasteiger partial charge in [0.25, 0.3) is 5.91 Å². The summed E-state index contributed by atoms with van der Waals surface area (Å²) in [6.07, 6.45) is 0.107. The van der Waals surface area contributed by atoms with Gasteiger partial charge in [-0.15, -0.1) is 0 Å². The van der Waals surface area contributed by atoms with Crippen LogP contribution in [-0.4, -0.2) is 16.9 Å². The number of aromatic nitrogens is 1. The molecule has 3 aromatic carbocycles. The van der Waals surface area contributed by atoms with E-state index in [0.717, 1.165) is 11.1 Å². The summed E-state index contributed by atoms with van der Waals surface area (Å²) in [4.78, 5) is 29.5. The number of esters is 1. The minimum absolute atomic E-state index is 0.340. The topological polar surface area (TPSA) is 68.3 Å². The number of ether oxygens (including phenoxy) is 1. The first kappa shape index (κ1) is 18.4. The molecule has 0 radical (unpaired) electrons. The van der Waals surface area contributed by atoms with Crippen molar-refractivity contribution in [1.29, 1.82) is 0 Å².